The van der Waals surface area contributed by atoms with Gasteiger partial charge in [-0.1, -0.05) is 24.3 Å². The molecule has 0 bridgehead atoms. The van der Waals surface area contributed by atoms with Crippen LogP contribution in [-0.2, 0) is 38.1 Å². The van der Waals surface area contributed by atoms with E-state index in [2.05, 4.69) is 6.58 Å². The lowest BCUT2D eigenvalue weighted by Gasteiger charge is -2.29. The molecule has 3 aliphatic rings. The topological polar surface area (TPSA) is 121 Å². The van der Waals surface area contributed by atoms with Gasteiger partial charge in [0.05, 0.1) is 5.92 Å². The van der Waals surface area contributed by atoms with E-state index in [4.69, 9.17) is 23.7 Å². The van der Waals surface area contributed by atoms with Crippen molar-refractivity contribution in [3.05, 3.63) is 35.5 Å². The molecule has 2 aliphatic heterocycles. The minimum atomic E-state index is -1.24. The number of hydrogen-bond donors (Lipinski definition) is 1. The highest BCUT2D eigenvalue weighted by molar-refractivity contribution is 5.67. The van der Waals surface area contributed by atoms with E-state index in [-0.39, 0.29) is 0 Å². The molecule has 9 heteroatoms. The molecular formula is C26H36O9. The number of ether oxygens (including phenoxy) is 5. The lowest BCUT2D eigenvalue weighted by atomic mass is 9.82. The zero-order valence-corrected chi connectivity index (χ0v) is 21.2. The summed E-state index contributed by atoms with van der Waals surface area (Å²) in [4.78, 5) is 35.6. The molecule has 2 fully saturated rings. The summed E-state index contributed by atoms with van der Waals surface area (Å²) in [6, 6.07) is 0. The van der Waals surface area contributed by atoms with Gasteiger partial charge < -0.3 is 28.8 Å². The standard InChI is InChI=1S/C26H36O9/c1-13-8-10-19(31-16(4)27)14(2)9-11-21(33-18(6)29)26(7)24(35-26)23-22(15(3)25(30)34-23)20(12-13)32-17(5)28/h8-9,19-25,30H,3,10-12H2,1-2,4-7H3/b13-8+,14-9-. The van der Waals surface area contributed by atoms with Gasteiger partial charge in [0.15, 0.2) is 6.29 Å². The van der Waals surface area contributed by atoms with Gasteiger partial charge in [-0.05, 0) is 31.9 Å². The van der Waals surface area contributed by atoms with Crippen molar-refractivity contribution in [1.29, 1.82) is 0 Å². The summed E-state index contributed by atoms with van der Waals surface area (Å²) >= 11 is 0. The van der Waals surface area contributed by atoms with Gasteiger partial charge in [0.2, 0.25) is 0 Å². The second kappa shape index (κ2) is 10.6. The third kappa shape index (κ3) is 6.20. The number of aliphatic hydroxyl groups is 1. The molecule has 1 aliphatic carbocycles. The van der Waals surface area contributed by atoms with Crippen molar-refractivity contribution in [3.8, 4) is 0 Å². The van der Waals surface area contributed by atoms with Gasteiger partial charge in [-0.2, -0.15) is 0 Å². The Morgan fingerprint density at radius 1 is 1.03 bits per heavy atom. The minimum Gasteiger partial charge on any atom is -0.461 e. The molecule has 8 atom stereocenters. The summed E-state index contributed by atoms with van der Waals surface area (Å²) in [5, 5.41) is 10.5. The first kappa shape index (κ1) is 27.1. The summed E-state index contributed by atoms with van der Waals surface area (Å²) in [5.41, 5.74) is 1.23. The fourth-order valence-corrected chi connectivity index (χ4v) is 5.01. The van der Waals surface area contributed by atoms with Crippen LogP contribution in [0.4, 0.5) is 0 Å². The molecule has 35 heavy (non-hydrogen) atoms. The largest absolute Gasteiger partial charge is 0.461 e. The van der Waals surface area contributed by atoms with Crippen molar-refractivity contribution in [2.24, 2.45) is 5.92 Å². The number of esters is 3. The minimum absolute atomic E-state index is 0.327. The van der Waals surface area contributed by atoms with E-state index in [0.717, 1.165) is 11.1 Å². The number of rotatable bonds is 3. The highest BCUT2D eigenvalue weighted by atomic mass is 16.7. The van der Waals surface area contributed by atoms with Gasteiger partial charge in [0, 0.05) is 40.0 Å². The maximum Gasteiger partial charge on any atom is 0.303 e. The lowest BCUT2D eigenvalue weighted by Crippen LogP contribution is -2.41. The molecule has 0 aromatic rings. The van der Waals surface area contributed by atoms with Gasteiger partial charge in [-0.15, -0.1) is 0 Å². The smallest absolute Gasteiger partial charge is 0.303 e. The Morgan fingerprint density at radius 3 is 2.26 bits per heavy atom. The molecule has 2 saturated heterocycles. The van der Waals surface area contributed by atoms with Crippen LogP contribution >= 0.6 is 0 Å². The molecule has 0 aromatic carbocycles. The highest BCUT2D eigenvalue weighted by Crippen LogP contribution is 2.51. The molecule has 8 unspecified atom stereocenters. The zero-order chi connectivity index (χ0) is 26.1. The number of fused-ring (bicyclic) bond motifs is 3. The molecule has 0 saturated carbocycles. The van der Waals surface area contributed by atoms with Crippen molar-refractivity contribution < 1.29 is 43.2 Å². The van der Waals surface area contributed by atoms with Crippen molar-refractivity contribution in [3.63, 3.8) is 0 Å². The predicted octanol–water partition coefficient (Wildman–Crippen LogP) is 2.91. The van der Waals surface area contributed by atoms with Crippen LogP contribution in [0.2, 0.25) is 0 Å². The van der Waals surface area contributed by atoms with E-state index in [0.29, 0.717) is 24.8 Å². The highest BCUT2D eigenvalue weighted by Gasteiger charge is 2.66. The number of aliphatic hydroxyl groups excluding tert-OH is 1. The molecule has 0 amide bonds. The van der Waals surface area contributed by atoms with Crippen molar-refractivity contribution in [2.75, 3.05) is 0 Å². The van der Waals surface area contributed by atoms with Crippen LogP contribution < -0.4 is 0 Å². The van der Waals surface area contributed by atoms with Crippen molar-refractivity contribution in [2.45, 2.75) is 103 Å². The van der Waals surface area contributed by atoms with Crippen LogP contribution in [0, 0.1) is 5.92 Å². The molecule has 0 spiro atoms. The number of epoxide rings is 1. The Balaban J connectivity index is 2.05. The average molecular weight is 493 g/mol. The molecule has 2 heterocycles. The normalized spacial score (nSPS) is 40.5. The Bertz CT molecular complexity index is 935. The molecule has 0 radical (unpaired) electrons. The molecule has 1 N–H and O–H groups in total. The second-order valence-corrected chi connectivity index (χ2v) is 9.79. The summed E-state index contributed by atoms with van der Waals surface area (Å²) in [6.45, 7) is 13.6. The molecular weight excluding hydrogens is 456 g/mol. The molecule has 3 rings (SSSR count). The Hall–Kier alpha value is -2.49. The fourth-order valence-electron chi connectivity index (χ4n) is 5.01. The van der Waals surface area contributed by atoms with Crippen LogP contribution in [-0.4, -0.2) is 65.4 Å². The SMILES string of the molecule is C=C1C(O)OC2C1C(OC(C)=O)C/C(C)=C/CC(OC(C)=O)/C(C)=C\CC(OC(C)=O)C1(C)OC21. The Morgan fingerprint density at radius 2 is 1.66 bits per heavy atom. The average Bonchev–Trinajstić information content (AvgIpc) is 3.34. The summed E-state index contributed by atoms with van der Waals surface area (Å²) < 4.78 is 28.8. The zero-order valence-electron chi connectivity index (χ0n) is 21.2. The van der Waals surface area contributed by atoms with Gasteiger partial charge >= 0.3 is 17.9 Å². The van der Waals surface area contributed by atoms with Gasteiger partial charge in [0.1, 0.15) is 36.1 Å². The third-order valence-electron chi connectivity index (χ3n) is 6.91. The van der Waals surface area contributed by atoms with E-state index in [9.17, 15) is 19.5 Å². The summed E-state index contributed by atoms with van der Waals surface area (Å²) in [7, 11) is 0. The van der Waals surface area contributed by atoms with Crippen molar-refractivity contribution >= 4 is 17.9 Å². The monoisotopic (exact) mass is 492 g/mol. The van der Waals surface area contributed by atoms with Crippen LogP contribution in [0.3, 0.4) is 0 Å². The Kier molecular flexibility index (Phi) is 8.24. The lowest BCUT2D eigenvalue weighted by molar-refractivity contribution is -0.152. The first-order valence-corrected chi connectivity index (χ1v) is 11.9. The van der Waals surface area contributed by atoms with Crippen molar-refractivity contribution in [1.82, 2.24) is 0 Å². The van der Waals surface area contributed by atoms with Crippen LogP contribution in [0.1, 0.15) is 60.8 Å². The van der Waals surface area contributed by atoms with E-state index in [1.165, 1.54) is 20.8 Å². The van der Waals surface area contributed by atoms with E-state index < -0.39 is 66.2 Å². The predicted molar refractivity (Wildman–Crippen MR) is 125 cm³/mol. The van der Waals surface area contributed by atoms with Crippen LogP contribution in [0.25, 0.3) is 0 Å². The van der Waals surface area contributed by atoms with Gasteiger partial charge in [0.25, 0.3) is 0 Å². The third-order valence-corrected chi connectivity index (χ3v) is 6.91. The number of carbonyl (C=O) groups excluding carboxylic acids is 3. The first-order valence-electron chi connectivity index (χ1n) is 11.9. The fraction of sp³-hybridized carbons (Fsp3) is 0.654. The van der Waals surface area contributed by atoms with E-state index in [1.54, 1.807) is 0 Å². The summed E-state index contributed by atoms with van der Waals surface area (Å²) in [5.74, 6) is -1.87. The Labute approximate surface area is 206 Å². The first-order chi connectivity index (χ1) is 16.3. The van der Waals surface area contributed by atoms with Crippen LogP contribution in [0.5, 0.6) is 0 Å². The maximum atomic E-state index is 12.0. The van der Waals surface area contributed by atoms with Gasteiger partial charge in [-0.3, -0.25) is 14.4 Å². The summed E-state index contributed by atoms with van der Waals surface area (Å²) in [6.07, 6.45) is 0.706. The number of carbonyl (C=O) groups is 3. The van der Waals surface area contributed by atoms with Crippen LogP contribution in [0.15, 0.2) is 35.5 Å². The second-order valence-electron chi connectivity index (χ2n) is 9.79. The maximum absolute atomic E-state index is 12.0. The quantitative estimate of drug-likeness (QED) is 0.274. The van der Waals surface area contributed by atoms with E-state index in [1.807, 2.05) is 32.9 Å². The number of hydrogen-bond acceptors (Lipinski definition) is 9. The molecule has 9 nitrogen and oxygen atoms in total. The van der Waals surface area contributed by atoms with Gasteiger partial charge in [-0.25, -0.2) is 0 Å². The van der Waals surface area contributed by atoms with E-state index >= 15 is 0 Å². The molecule has 0 aromatic heterocycles. The molecule has 194 valence electrons.